The lowest BCUT2D eigenvalue weighted by Gasteiger charge is -2.17. The Morgan fingerprint density at radius 3 is 3.00 bits per heavy atom. The lowest BCUT2D eigenvalue weighted by molar-refractivity contribution is -0.128. The topological polar surface area (TPSA) is 69.1 Å². The number of hydrogen-bond donors (Lipinski definition) is 0. The molecule has 0 saturated carbocycles. The standard InChI is InChI=1S/C12H13BrN4O/c13-11-4-2-1-3-10(11)8-17-7-9(5-12(17)18)6-15-16-14/h1-4,9H,5-8H2. The van der Waals surface area contributed by atoms with Crippen LogP contribution in [-0.2, 0) is 11.3 Å². The number of benzene rings is 1. The quantitative estimate of drug-likeness (QED) is 0.478. The molecule has 94 valence electrons. The molecule has 5 nitrogen and oxygen atoms in total. The van der Waals surface area contributed by atoms with E-state index < -0.39 is 0 Å². The van der Waals surface area contributed by atoms with Gasteiger partial charge in [0.1, 0.15) is 0 Å². The van der Waals surface area contributed by atoms with Gasteiger partial charge in [0.05, 0.1) is 0 Å². The van der Waals surface area contributed by atoms with Gasteiger partial charge in [-0.25, -0.2) is 0 Å². The lowest BCUT2D eigenvalue weighted by atomic mass is 10.1. The summed E-state index contributed by atoms with van der Waals surface area (Å²) in [5, 5.41) is 3.54. The molecule has 1 aromatic rings. The molecule has 1 aliphatic rings. The van der Waals surface area contributed by atoms with Crippen LogP contribution in [0, 0.1) is 5.92 Å². The lowest BCUT2D eigenvalue weighted by Crippen LogP contribution is -2.25. The van der Waals surface area contributed by atoms with E-state index >= 15 is 0 Å². The molecule has 1 atom stereocenters. The second kappa shape index (κ2) is 5.89. The van der Waals surface area contributed by atoms with Gasteiger partial charge < -0.3 is 4.90 Å². The van der Waals surface area contributed by atoms with Gasteiger partial charge in [0.15, 0.2) is 0 Å². The molecule has 0 bridgehead atoms. The predicted molar refractivity (Wildman–Crippen MR) is 71.7 cm³/mol. The largest absolute Gasteiger partial charge is 0.338 e. The third-order valence-corrected chi connectivity index (χ3v) is 3.79. The minimum atomic E-state index is 0.129. The summed E-state index contributed by atoms with van der Waals surface area (Å²) >= 11 is 3.48. The van der Waals surface area contributed by atoms with Crippen molar-refractivity contribution in [1.29, 1.82) is 0 Å². The fraction of sp³-hybridized carbons (Fsp3) is 0.417. The molecule has 18 heavy (non-hydrogen) atoms. The minimum Gasteiger partial charge on any atom is -0.338 e. The van der Waals surface area contributed by atoms with Crippen molar-refractivity contribution in [3.8, 4) is 0 Å². The maximum atomic E-state index is 11.8. The molecule has 2 rings (SSSR count). The Balaban J connectivity index is 2.00. The summed E-state index contributed by atoms with van der Waals surface area (Å²) < 4.78 is 1.01. The smallest absolute Gasteiger partial charge is 0.223 e. The van der Waals surface area contributed by atoms with E-state index in [0.717, 1.165) is 10.0 Å². The first-order chi connectivity index (χ1) is 8.70. The van der Waals surface area contributed by atoms with Crippen molar-refractivity contribution < 1.29 is 4.79 Å². The minimum absolute atomic E-state index is 0.129. The van der Waals surface area contributed by atoms with Gasteiger partial charge in [-0.05, 0) is 23.1 Å². The van der Waals surface area contributed by atoms with Crippen molar-refractivity contribution in [1.82, 2.24) is 4.90 Å². The molecule has 1 saturated heterocycles. The van der Waals surface area contributed by atoms with E-state index in [1.807, 2.05) is 29.2 Å². The maximum Gasteiger partial charge on any atom is 0.223 e. The highest BCUT2D eigenvalue weighted by Gasteiger charge is 2.29. The van der Waals surface area contributed by atoms with Crippen LogP contribution in [0.2, 0.25) is 0 Å². The highest BCUT2D eigenvalue weighted by Crippen LogP contribution is 2.23. The van der Waals surface area contributed by atoms with Gasteiger partial charge in [-0.2, -0.15) is 0 Å². The molecule has 1 fully saturated rings. The second-order valence-corrected chi connectivity index (χ2v) is 5.20. The first kappa shape index (κ1) is 12.9. The number of halogens is 1. The van der Waals surface area contributed by atoms with Crippen LogP contribution in [0.1, 0.15) is 12.0 Å². The van der Waals surface area contributed by atoms with E-state index in [2.05, 4.69) is 26.0 Å². The molecule has 6 heteroatoms. The molecule has 1 unspecified atom stereocenters. The van der Waals surface area contributed by atoms with Gasteiger partial charge in [-0.1, -0.05) is 39.2 Å². The molecule has 0 N–H and O–H groups in total. The van der Waals surface area contributed by atoms with Crippen molar-refractivity contribution in [2.45, 2.75) is 13.0 Å². The first-order valence-corrected chi connectivity index (χ1v) is 6.52. The van der Waals surface area contributed by atoms with E-state index in [-0.39, 0.29) is 11.8 Å². The van der Waals surface area contributed by atoms with E-state index in [1.54, 1.807) is 0 Å². The van der Waals surface area contributed by atoms with Gasteiger partial charge in [0.25, 0.3) is 0 Å². The number of hydrogen-bond acceptors (Lipinski definition) is 2. The van der Waals surface area contributed by atoms with Gasteiger partial charge in [0, 0.05) is 35.4 Å². The van der Waals surface area contributed by atoms with Crippen LogP contribution in [0.3, 0.4) is 0 Å². The van der Waals surface area contributed by atoms with Crippen LogP contribution in [0.5, 0.6) is 0 Å². The van der Waals surface area contributed by atoms with Crippen molar-refractivity contribution in [3.63, 3.8) is 0 Å². The van der Waals surface area contributed by atoms with Gasteiger partial charge in [0.2, 0.25) is 5.91 Å². The Morgan fingerprint density at radius 2 is 2.28 bits per heavy atom. The Hall–Kier alpha value is -1.52. The molecule has 1 aromatic carbocycles. The molecular formula is C12H13BrN4O. The molecule has 0 aliphatic carbocycles. The van der Waals surface area contributed by atoms with Crippen LogP contribution >= 0.6 is 15.9 Å². The third-order valence-electron chi connectivity index (χ3n) is 3.02. The molecule has 1 amide bonds. The number of carbonyl (C=O) groups excluding carboxylic acids is 1. The fourth-order valence-electron chi connectivity index (χ4n) is 2.11. The van der Waals surface area contributed by atoms with Crippen molar-refractivity contribution in [3.05, 3.63) is 44.7 Å². The van der Waals surface area contributed by atoms with Gasteiger partial charge >= 0.3 is 0 Å². The number of azide groups is 1. The van der Waals surface area contributed by atoms with Crippen LogP contribution in [0.25, 0.3) is 10.4 Å². The first-order valence-electron chi connectivity index (χ1n) is 5.72. The molecule has 1 aliphatic heterocycles. The zero-order chi connectivity index (χ0) is 13.0. The Labute approximate surface area is 114 Å². The fourth-order valence-corrected chi connectivity index (χ4v) is 2.52. The van der Waals surface area contributed by atoms with Crippen LogP contribution in [0.15, 0.2) is 33.9 Å². The molecule has 0 radical (unpaired) electrons. The third kappa shape index (κ3) is 3.03. The zero-order valence-electron chi connectivity index (χ0n) is 9.79. The number of likely N-dealkylation sites (tertiary alicyclic amines) is 1. The number of carbonyl (C=O) groups is 1. The highest BCUT2D eigenvalue weighted by molar-refractivity contribution is 9.10. The van der Waals surface area contributed by atoms with Crippen molar-refractivity contribution >= 4 is 21.8 Å². The van der Waals surface area contributed by atoms with E-state index in [4.69, 9.17) is 5.53 Å². The monoisotopic (exact) mass is 308 g/mol. The molecule has 1 heterocycles. The SMILES string of the molecule is [N-]=[N+]=NCC1CC(=O)N(Cc2ccccc2Br)C1. The molecule has 0 spiro atoms. The van der Waals surface area contributed by atoms with Crippen LogP contribution in [0.4, 0.5) is 0 Å². The summed E-state index contributed by atoms with van der Waals surface area (Å²) in [5.41, 5.74) is 9.38. The van der Waals surface area contributed by atoms with E-state index in [9.17, 15) is 4.79 Å². The Morgan fingerprint density at radius 1 is 1.50 bits per heavy atom. The number of amides is 1. The van der Waals surface area contributed by atoms with Crippen LogP contribution in [-0.4, -0.2) is 23.9 Å². The average Bonchev–Trinajstić information content (AvgIpc) is 2.70. The van der Waals surface area contributed by atoms with Crippen molar-refractivity contribution in [2.24, 2.45) is 11.0 Å². The molecular weight excluding hydrogens is 296 g/mol. The van der Waals surface area contributed by atoms with E-state index in [0.29, 0.717) is 26.1 Å². The summed E-state index contributed by atoms with van der Waals surface area (Å²) in [4.78, 5) is 16.4. The molecule has 0 aromatic heterocycles. The number of rotatable bonds is 4. The predicted octanol–water partition coefficient (Wildman–Crippen LogP) is 3.11. The normalized spacial score (nSPS) is 18.8. The average molecular weight is 309 g/mol. The number of nitrogens with zero attached hydrogens (tertiary/aromatic N) is 4. The summed E-state index contributed by atoms with van der Waals surface area (Å²) in [6.07, 6.45) is 0.476. The van der Waals surface area contributed by atoms with E-state index in [1.165, 1.54) is 0 Å². The summed E-state index contributed by atoms with van der Waals surface area (Å²) in [6, 6.07) is 7.87. The van der Waals surface area contributed by atoms with Crippen molar-refractivity contribution in [2.75, 3.05) is 13.1 Å². The maximum absolute atomic E-state index is 11.8. The second-order valence-electron chi connectivity index (χ2n) is 4.35. The Kier molecular flexibility index (Phi) is 4.23. The van der Waals surface area contributed by atoms with Gasteiger partial charge in [-0.15, -0.1) is 0 Å². The summed E-state index contributed by atoms with van der Waals surface area (Å²) in [5.74, 6) is 0.278. The highest BCUT2D eigenvalue weighted by atomic mass is 79.9. The summed E-state index contributed by atoms with van der Waals surface area (Å²) in [7, 11) is 0. The summed E-state index contributed by atoms with van der Waals surface area (Å²) in [6.45, 7) is 1.67. The Bertz CT molecular complexity index is 499. The van der Waals surface area contributed by atoms with Crippen LogP contribution < -0.4 is 0 Å². The zero-order valence-corrected chi connectivity index (χ0v) is 11.4. The van der Waals surface area contributed by atoms with Gasteiger partial charge in [-0.3, -0.25) is 4.79 Å².